The third kappa shape index (κ3) is 4.10. The van der Waals surface area contributed by atoms with Gasteiger partial charge in [-0.25, -0.2) is 0 Å². The summed E-state index contributed by atoms with van der Waals surface area (Å²) < 4.78 is 0. The normalized spacial score (nSPS) is 26.5. The first-order valence-corrected chi connectivity index (χ1v) is 5.65. The fourth-order valence-electron chi connectivity index (χ4n) is 2.09. The van der Waals surface area contributed by atoms with Gasteiger partial charge < -0.3 is 10.2 Å². The molecule has 0 spiro atoms. The van der Waals surface area contributed by atoms with Gasteiger partial charge in [-0.15, -0.1) is 0 Å². The Labute approximate surface area is 82.7 Å². The Balaban J connectivity index is 2.09. The highest BCUT2D eigenvalue weighted by molar-refractivity contribution is 4.74. The lowest BCUT2D eigenvalue weighted by molar-refractivity contribution is 0.276. The van der Waals surface area contributed by atoms with Crippen LogP contribution in [0.2, 0.25) is 0 Å². The number of likely N-dealkylation sites (tertiary alicyclic amines) is 1. The molecule has 1 rings (SSSR count). The minimum atomic E-state index is 0.797. The summed E-state index contributed by atoms with van der Waals surface area (Å²) in [6, 6.07) is 0. The van der Waals surface area contributed by atoms with E-state index in [2.05, 4.69) is 31.0 Å². The molecule has 13 heavy (non-hydrogen) atoms. The molecule has 78 valence electrons. The molecule has 0 amide bonds. The van der Waals surface area contributed by atoms with E-state index in [1.165, 1.54) is 32.6 Å². The molecule has 0 aromatic heterocycles. The van der Waals surface area contributed by atoms with Crippen molar-refractivity contribution in [2.24, 2.45) is 11.8 Å². The van der Waals surface area contributed by atoms with E-state index in [0.29, 0.717) is 0 Å². The van der Waals surface area contributed by atoms with Gasteiger partial charge in [-0.2, -0.15) is 0 Å². The van der Waals surface area contributed by atoms with E-state index >= 15 is 0 Å². The van der Waals surface area contributed by atoms with E-state index < -0.39 is 0 Å². The Kier molecular flexibility index (Phi) is 4.74. The Morgan fingerprint density at radius 3 is 2.85 bits per heavy atom. The van der Waals surface area contributed by atoms with E-state index in [1.807, 2.05) is 0 Å². The summed E-state index contributed by atoms with van der Waals surface area (Å²) in [5, 5.41) is 3.41. The first kappa shape index (κ1) is 11.0. The standard InChI is InChI=1S/C11H24N2/c1-4-12-7-11(3)9-13-6-5-10(2)8-13/h10-12H,4-9H2,1-3H3. The lowest BCUT2D eigenvalue weighted by Crippen LogP contribution is -2.31. The zero-order valence-corrected chi connectivity index (χ0v) is 9.34. The highest BCUT2D eigenvalue weighted by Gasteiger charge is 2.19. The van der Waals surface area contributed by atoms with Gasteiger partial charge >= 0.3 is 0 Å². The van der Waals surface area contributed by atoms with E-state index in [4.69, 9.17) is 0 Å². The lowest BCUT2D eigenvalue weighted by Gasteiger charge is -2.20. The Bertz CT molecular complexity index is 136. The van der Waals surface area contributed by atoms with Crippen molar-refractivity contribution in [2.45, 2.75) is 27.2 Å². The summed E-state index contributed by atoms with van der Waals surface area (Å²) in [5.41, 5.74) is 0. The molecule has 2 atom stereocenters. The maximum Gasteiger partial charge on any atom is 0.00193 e. The van der Waals surface area contributed by atoms with Gasteiger partial charge in [-0.05, 0) is 37.9 Å². The molecular formula is C11H24N2. The number of rotatable bonds is 5. The summed E-state index contributed by atoms with van der Waals surface area (Å²) in [5.74, 6) is 1.72. The Hall–Kier alpha value is -0.0800. The van der Waals surface area contributed by atoms with Crippen LogP contribution in [0.15, 0.2) is 0 Å². The quantitative estimate of drug-likeness (QED) is 0.698. The van der Waals surface area contributed by atoms with E-state index in [-0.39, 0.29) is 0 Å². The fraction of sp³-hybridized carbons (Fsp3) is 1.00. The van der Waals surface area contributed by atoms with Gasteiger partial charge in [0.25, 0.3) is 0 Å². The lowest BCUT2D eigenvalue weighted by atomic mass is 10.1. The number of nitrogens with one attached hydrogen (secondary N) is 1. The molecule has 1 aliphatic heterocycles. The largest absolute Gasteiger partial charge is 0.317 e. The highest BCUT2D eigenvalue weighted by Crippen LogP contribution is 2.15. The van der Waals surface area contributed by atoms with Crippen molar-refractivity contribution in [1.82, 2.24) is 10.2 Å². The summed E-state index contributed by atoms with van der Waals surface area (Å²) in [7, 11) is 0. The van der Waals surface area contributed by atoms with Crippen molar-refractivity contribution < 1.29 is 0 Å². The summed E-state index contributed by atoms with van der Waals surface area (Å²) in [6.45, 7) is 13.0. The van der Waals surface area contributed by atoms with Crippen molar-refractivity contribution in [2.75, 3.05) is 32.7 Å². The smallest absolute Gasteiger partial charge is 0.00193 e. The molecular weight excluding hydrogens is 160 g/mol. The molecule has 1 aliphatic rings. The predicted molar refractivity (Wildman–Crippen MR) is 57.9 cm³/mol. The second kappa shape index (κ2) is 5.61. The van der Waals surface area contributed by atoms with Gasteiger partial charge in [0.1, 0.15) is 0 Å². The van der Waals surface area contributed by atoms with Crippen LogP contribution in [-0.2, 0) is 0 Å². The molecule has 2 nitrogen and oxygen atoms in total. The van der Waals surface area contributed by atoms with Crippen molar-refractivity contribution >= 4 is 0 Å². The Morgan fingerprint density at radius 2 is 2.31 bits per heavy atom. The molecule has 0 bridgehead atoms. The molecule has 2 unspecified atom stereocenters. The number of hydrogen-bond donors (Lipinski definition) is 1. The summed E-state index contributed by atoms with van der Waals surface area (Å²) in [6.07, 6.45) is 1.40. The van der Waals surface area contributed by atoms with Gasteiger partial charge in [0.05, 0.1) is 0 Å². The second-order valence-electron chi connectivity index (χ2n) is 4.57. The van der Waals surface area contributed by atoms with Crippen LogP contribution in [0, 0.1) is 11.8 Å². The van der Waals surface area contributed by atoms with Crippen LogP contribution >= 0.6 is 0 Å². The summed E-state index contributed by atoms with van der Waals surface area (Å²) >= 11 is 0. The van der Waals surface area contributed by atoms with Crippen LogP contribution in [0.1, 0.15) is 27.2 Å². The van der Waals surface area contributed by atoms with Crippen LogP contribution in [0.25, 0.3) is 0 Å². The summed E-state index contributed by atoms with van der Waals surface area (Å²) in [4.78, 5) is 2.60. The Morgan fingerprint density at radius 1 is 1.54 bits per heavy atom. The third-order valence-corrected chi connectivity index (χ3v) is 2.82. The molecule has 0 saturated carbocycles. The first-order valence-electron chi connectivity index (χ1n) is 5.65. The van der Waals surface area contributed by atoms with Gasteiger partial charge in [0, 0.05) is 13.1 Å². The van der Waals surface area contributed by atoms with Gasteiger partial charge in [0.2, 0.25) is 0 Å². The van der Waals surface area contributed by atoms with E-state index in [0.717, 1.165) is 18.4 Å². The van der Waals surface area contributed by atoms with Gasteiger partial charge in [0.15, 0.2) is 0 Å². The first-order chi connectivity index (χ1) is 6.22. The molecule has 0 aromatic carbocycles. The van der Waals surface area contributed by atoms with Crippen LogP contribution in [0.3, 0.4) is 0 Å². The van der Waals surface area contributed by atoms with Gasteiger partial charge in [-0.1, -0.05) is 20.8 Å². The zero-order chi connectivity index (χ0) is 9.68. The van der Waals surface area contributed by atoms with Crippen LogP contribution in [0.4, 0.5) is 0 Å². The maximum absolute atomic E-state index is 3.41. The predicted octanol–water partition coefficient (Wildman–Crippen LogP) is 1.57. The minimum absolute atomic E-state index is 0.797. The monoisotopic (exact) mass is 184 g/mol. The van der Waals surface area contributed by atoms with Gasteiger partial charge in [-0.3, -0.25) is 0 Å². The zero-order valence-electron chi connectivity index (χ0n) is 9.34. The topological polar surface area (TPSA) is 15.3 Å². The van der Waals surface area contributed by atoms with Crippen LogP contribution in [-0.4, -0.2) is 37.6 Å². The second-order valence-corrected chi connectivity index (χ2v) is 4.57. The average Bonchev–Trinajstić information content (AvgIpc) is 2.48. The van der Waals surface area contributed by atoms with Crippen molar-refractivity contribution in [3.8, 4) is 0 Å². The van der Waals surface area contributed by atoms with Crippen LogP contribution in [0.5, 0.6) is 0 Å². The molecule has 1 N–H and O–H groups in total. The highest BCUT2D eigenvalue weighted by atomic mass is 15.1. The molecule has 0 aliphatic carbocycles. The molecule has 0 radical (unpaired) electrons. The number of nitrogens with zero attached hydrogens (tertiary/aromatic N) is 1. The third-order valence-electron chi connectivity index (χ3n) is 2.82. The maximum atomic E-state index is 3.41. The number of hydrogen-bond acceptors (Lipinski definition) is 2. The molecule has 0 aromatic rings. The SMILES string of the molecule is CCNCC(C)CN1CCC(C)C1. The van der Waals surface area contributed by atoms with E-state index in [9.17, 15) is 0 Å². The van der Waals surface area contributed by atoms with Crippen molar-refractivity contribution in [3.63, 3.8) is 0 Å². The van der Waals surface area contributed by atoms with Crippen molar-refractivity contribution in [3.05, 3.63) is 0 Å². The molecule has 2 heteroatoms. The molecule has 1 saturated heterocycles. The van der Waals surface area contributed by atoms with E-state index in [1.54, 1.807) is 0 Å². The van der Waals surface area contributed by atoms with Crippen LogP contribution < -0.4 is 5.32 Å². The average molecular weight is 184 g/mol. The molecule has 1 fully saturated rings. The molecule has 1 heterocycles. The fourth-order valence-corrected chi connectivity index (χ4v) is 2.09. The minimum Gasteiger partial charge on any atom is -0.317 e. The van der Waals surface area contributed by atoms with Crippen molar-refractivity contribution in [1.29, 1.82) is 0 Å².